The molecule has 0 aliphatic carbocycles. The number of rotatable bonds is 7. The van der Waals surface area contributed by atoms with Crippen LogP contribution in [0.25, 0.3) is 0 Å². The molecule has 0 heterocycles. The molecule has 0 radical (unpaired) electrons. The Kier molecular flexibility index (Phi) is 6.48. The second-order valence-electron chi connectivity index (χ2n) is 5.07. The molecule has 0 spiro atoms. The van der Waals surface area contributed by atoms with Crippen LogP contribution >= 0.6 is 0 Å². The van der Waals surface area contributed by atoms with Crippen LogP contribution in [-0.4, -0.2) is 29.5 Å². The van der Waals surface area contributed by atoms with Gasteiger partial charge in [-0.3, -0.25) is 0 Å². The summed E-state index contributed by atoms with van der Waals surface area (Å²) in [6, 6.07) is 3.36. The quantitative estimate of drug-likeness (QED) is 0.812. The summed E-state index contributed by atoms with van der Waals surface area (Å²) in [5.74, 6) is 0.0313. The van der Waals surface area contributed by atoms with Crippen molar-refractivity contribution in [2.45, 2.75) is 44.9 Å². The van der Waals surface area contributed by atoms with Gasteiger partial charge in [0.25, 0.3) is 0 Å². The van der Waals surface area contributed by atoms with Crippen LogP contribution in [0.2, 0.25) is 0 Å². The molecule has 1 rings (SSSR count). The van der Waals surface area contributed by atoms with Crippen LogP contribution in [0, 0.1) is 0 Å². The minimum Gasteiger partial charge on any atom is -0.493 e. The Hall–Kier alpha value is -1.27. The first-order chi connectivity index (χ1) is 9.79. The van der Waals surface area contributed by atoms with Crippen LogP contribution in [0.3, 0.4) is 0 Å². The average molecular weight is 306 g/mol. The van der Waals surface area contributed by atoms with Crippen molar-refractivity contribution in [3.05, 3.63) is 29.3 Å². The van der Waals surface area contributed by atoms with Crippen molar-refractivity contribution in [2.24, 2.45) is 0 Å². The molecular weight excluding hydrogens is 285 g/mol. The first kappa shape index (κ1) is 17.8. The number of aliphatic hydroxyl groups excluding tert-OH is 2. The molecule has 0 saturated heterocycles. The van der Waals surface area contributed by atoms with Crippen molar-refractivity contribution in [2.75, 3.05) is 13.2 Å². The molecule has 0 amide bonds. The predicted molar refractivity (Wildman–Crippen MR) is 73.4 cm³/mol. The molecule has 0 aliphatic rings. The topological polar surface area (TPSA) is 49.7 Å². The number of hydrogen-bond donors (Lipinski definition) is 2. The molecule has 1 aromatic rings. The largest absolute Gasteiger partial charge is 0.493 e. The van der Waals surface area contributed by atoms with E-state index in [2.05, 4.69) is 0 Å². The molecule has 2 atom stereocenters. The summed E-state index contributed by atoms with van der Waals surface area (Å²) in [6.45, 7) is 3.60. The molecule has 0 aromatic heterocycles. The fraction of sp³-hybridized carbons (Fsp3) is 0.600. The third kappa shape index (κ3) is 5.21. The Morgan fingerprint density at radius 1 is 1.29 bits per heavy atom. The number of hydrogen-bond acceptors (Lipinski definition) is 3. The fourth-order valence-electron chi connectivity index (χ4n) is 2.06. The molecular formula is C15H21F3O3. The Morgan fingerprint density at radius 2 is 1.95 bits per heavy atom. The first-order valence-electron chi connectivity index (χ1n) is 6.92. The number of alkyl halides is 3. The smallest absolute Gasteiger partial charge is 0.416 e. The second kappa shape index (κ2) is 7.66. The third-order valence-electron chi connectivity index (χ3n) is 3.17. The molecule has 0 aliphatic heterocycles. The Labute approximate surface area is 122 Å². The van der Waals surface area contributed by atoms with Gasteiger partial charge in [-0.05, 0) is 42.5 Å². The Bertz CT molecular complexity index is 446. The standard InChI is InChI=1S/C15H21F3O3/c1-3-6-21-14-5-4-11(15(16,17)18)8-13(14)10(2)7-12(20)9-19/h4-5,8,10,12,19-20H,3,6-7,9H2,1-2H3. The average Bonchev–Trinajstić information content (AvgIpc) is 2.43. The van der Waals surface area contributed by atoms with Crippen molar-refractivity contribution in [1.29, 1.82) is 0 Å². The van der Waals surface area contributed by atoms with E-state index in [1.807, 2.05) is 6.92 Å². The van der Waals surface area contributed by atoms with Crippen molar-refractivity contribution in [3.63, 3.8) is 0 Å². The Morgan fingerprint density at radius 3 is 2.48 bits per heavy atom. The highest BCUT2D eigenvalue weighted by Crippen LogP contribution is 2.36. The molecule has 2 N–H and O–H groups in total. The molecule has 3 nitrogen and oxygen atoms in total. The zero-order chi connectivity index (χ0) is 16.0. The van der Waals surface area contributed by atoms with Crippen LogP contribution < -0.4 is 4.74 Å². The van der Waals surface area contributed by atoms with E-state index in [0.29, 0.717) is 17.9 Å². The number of aliphatic hydroxyl groups is 2. The van der Waals surface area contributed by atoms with Crippen molar-refractivity contribution >= 4 is 0 Å². The van der Waals surface area contributed by atoms with Gasteiger partial charge in [0, 0.05) is 0 Å². The predicted octanol–water partition coefficient (Wildman–Crippen LogP) is 3.34. The summed E-state index contributed by atoms with van der Waals surface area (Å²) in [6.07, 6.45) is -4.48. The summed E-state index contributed by atoms with van der Waals surface area (Å²) < 4.78 is 43.9. The van der Waals surface area contributed by atoms with Gasteiger partial charge in [0.1, 0.15) is 5.75 Å². The zero-order valence-corrected chi connectivity index (χ0v) is 12.2. The fourth-order valence-corrected chi connectivity index (χ4v) is 2.06. The van der Waals surface area contributed by atoms with E-state index < -0.39 is 24.5 Å². The molecule has 0 bridgehead atoms. The maximum atomic E-state index is 12.8. The summed E-state index contributed by atoms with van der Waals surface area (Å²) in [4.78, 5) is 0. The summed E-state index contributed by atoms with van der Waals surface area (Å²) >= 11 is 0. The molecule has 120 valence electrons. The molecule has 6 heteroatoms. The number of ether oxygens (including phenoxy) is 1. The van der Waals surface area contributed by atoms with Gasteiger partial charge < -0.3 is 14.9 Å². The van der Waals surface area contributed by atoms with Gasteiger partial charge in [0.2, 0.25) is 0 Å². The van der Waals surface area contributed by atoms with Crippen molar-refractivity contribution < 1.29 is 28.1 Å². The third-order valence-corrected chi connectivity index (χ3v) is 3.17. The van der Waals surface area contributed by atoms with Gasteiger partial charge in [0.05, 0.1) is 24.9 Å². The van der Waals surface area contributed by atoms with Crippen LogP contribution in [0.1, 0.15) is 43.7 Å². The maximum Gasteiger partial charge on any atom is 0.416 e. The monoisotopic (exact) mass is 306 g/mol. The summed E-state index contributed by atoms with van der Waals surface area (Å²) in [5.41, 5.74) is -0.350. The van der Waals surface area contributed by atoms with Crippen molar-refractivity contribution in [1.82, 2.24) is 0 Å². The normalized spacial score (nSPS) is 14.8. The second-order valence-corrected chi connectivity index (χ2v) is 5.07. The van der Waals surface area contributed by atoms with E-state index in [1.54, 1.807) is 6.92 Å². The lowest BCUT2D eigenvalue weighted by Gasteiger charge is -2.20. The van der Waals surface area contributed by atoms with Gasteiger partial charge in [-0.1, -0.05) is 13.8 Å². The van der Waals surface area contributed by atoms with E-state index >= 15 is 0 Å². The first-order valence-corrected chi connectivity index (χ1v) is 6.92. The Balaban J connectivity index is 3.09. The summed E-state index contributed by atoms with van der Waals surface area (Å²) in [7, 11) is 0. The highest BCUT2D eigenvalue weighted by Gasteiger charge is 2.32. The lowest BCUT2D eigenvalue weighted by atomic mass is 9.92. The minimum atomic E-state index is -4.42. The minimum absolute atomic E-state index is 0.167. The SMILES string of the molecule is CCCOc1ccc(C(F)(F)F)cc1C(C)CC(O)CO. The van der Waals surface area contributed by atoms with Crippen molar-refractivity contribution in [3.8, 4) is 5.75 Å². The van der Waals surface area contributed by atoms with E-state index in [1.165, 1.54) is 6.07 Å². The highest BCUT2D eigenvalue weighted by molar-refractivity contribution is 5.40. The van der Waals surface area contributed by atoms with E-state index in [-0.39, 0.29) is 12.3 Å². The van der Waals surface area contributed by atoms with E-state index in [0.717, 1.165) is 18.6 Å². The van der Waals surface area contributed by atoms with Gasteiger partial charge >= 0.3 is 6.18 Å². The maximum absolute atomic E-state index is 12.8. The number of halogens is 3. The zero-order valence-electron chi connectivity index (χ0n) is 12.2. The van der Waals surface area contributed by atoms with Crippen LogP contribution in [0.15, 0.2) is 18.2 Å². The number of benzene rings is 1. The molecule has 0 fully saturated rings. The van der Waals surface area contributed by atoms with E-state index in [9.17, 15) is 18.3 Å². The lowest BCUT2D eigenvalue weighted by Crippen LogP contribution is -2.16. The van der Waals surface area contributed by atoms with Gasteiger partial charge in [0.15, 0.2) is 0 Å². The lowest BCUT2D eigenvalue weighted by molar-refractivity contribution is -0.137. The van der Waals surface area contributed by atoms with E-state index in [4.69, 9.17) is 9.84 Å². The molecule has 1 aromatic carbocycles. The van der Waals surface area contributed by atoms with Gasteiger partial charge in [-0.2, -0.15) is 13.2 Å². The van der Waals surface area contributed by atoms with Crippen LogP contribution in [0.4, 0.5) is 13.2 Å². The molecule has 2 unspecified atom stereocenters. The summed E-state index contributed by atoms with van der Waals surface area (Å²) in [5, 5.41) is 18.3. The van der Waals surface area contributed by atoms with Gasteiger partial charge in [-0.15, -0.1) is 0 Å². The van der Waals surface area contributed by atoms with Crippen LogP contribution in [0.5, 0.6) is 5.75 Å². The highest BCUT2D eigenvalue weighted by atomic mass is 19.4. The molecule has 21 heavy (non-hydrogen) atoms. The van der Waals surface area contributed by atoms with Gasteiger partial charge in [-0.25, -0.2) is 0 Å². The van der Waals surface area contributed by atoms with Crippen LogP contribution in [-0.2, 0) is 6.18 Å². The molecule has 0 saturated carbocycles.